The van der Waals surface area contributed by atoms with Gasteiger partial charge in [-0.15, -0.1) is 0 Å². The molecule has 0 radical (unpaired) electrons. The number of carbonyl (C=O) groups excluding carboxylic acids is 3. The van der Waals surface area contributed by atoms with Crippen LogP contribution in [-0.4, -0.2) is 52.3 Å². The fourth-order valence-corrected chi connectivity index (χ4v) is 5.19. The van der Waals surface area contributed by atoms with Gasteiger partial charge in [0.25, 0.3) is 0 Å². The Hall–Kier alpha value is -2.44. The maximum Gasteiger partial charge on any atom is 0.245 e. The Kier molecular flexibility index (Phi) is 6.04. The van der Waals surface area contributed by atoms with E-state index in [1.165, 1.54) is 21.6 Å². The summed E-state index contributed by atoms with van der Waals surface area (Å²) < 4.78 is 13.6. The summed E-state index contributed by atoms with van der Waals surface area (Å²) in [6, 6.07) is 5.43. The number of amides is 3. The minimum absolute atomic E-state index is 0.0571. The van der Waals surface area contributed by atoms with Crippen molar-refractivity contribution < 1.29 is 18.8 Å². The van der Waals surface area contributed by atoms with Gasteiger partial charge in [-0.05, 0) is 42.4 Å². The third-order valence-electron chi connectivity index (χ3n) is 6.79. The molecule has 0 aliphatic carbocycles. The first-order chi connectivity index (χ1) is 14.7. The Morgan fingerprint density at radius 2 is 2.00 bits per heavy atom. The van der Waals surface area contributed by atoms with Gasteiger partial charge in [-0.25, -0.2) is 4.39 Å². The summed E-state index contributed by atoms with van der Waals surface area (Å²) in [5.41, 5.74) is 3.70. The van der Waals surface area contributed by atoms with Gasteiger partial charge >= 0.3 is 0 Å². The molecule has 2 fully saturated rings. The fourth-order valence-electron chi connectivity index (χ4n) is 5.19. The zero-order valence-corrected chi connectivity index (χ0v) is 18.6. The molecule has 168 valence electrons. The van der Waals surface area contributed by atoms with E-state index in [-0.39, 0.29) is 36.7 Å². The van der Waals surface area contributed by atoms with Crippen LogP contribution in [0.5, 0.6) is 0 Å². The topological polar surface area (TPSA) is 69.7 Å². The maximum absolute atomic E-state index is 13.6. The average molecular weight is 430 g/mol. The lowest BCUT2D eigenvalue weighted by molar-refractivity contribution is -0.135. The van der Waals surface area contributed by atoms with E-state index in [0.717, 1.165) is 6.42 Å². The van der Waals surface area contributed by atoms with Gasteiger partial charge in [-0.2, -0.15) is 0 Å². The summed E-state index contributed by atoms with van der Waals surface area (Å²) in [5, 5.41) is 2.74. The lowest BCUT2D eigenvalue weighted by Gasteiger charge is -2.24. The zero-order chi connectivity index (χ0) is 22.3. The number of nitrogens with zero attached hydrogens (tertiary/aromatic N) is 2. The van der Waals surface area contributed by atoms with E-state index >= 15 is 0 Å². The van der Waals surface area contributed by atoms with E-state index in [2.05, 4.69) is 31.3 Å². The Morgan fingerprint density at radius 1 is 1.23 bits per heavy atom. The molecule has 1 N–H and O–H groups in total. The lowest BCUT2D eigenvalue weighted by atomic mass is 9.96. The van der Waals surface area contributed by atoms with Gasteiger partial charge in [0.15, 0.2) is 0 Å². The van der Waals surface area contributed by atoms with Crippen LogP contribution in [0.3, 0.4) is 0 Å². The normalized spacial score (nSPS) is 27.7. The lowest BCUT2D eigenvalue weighted by Crippen LogP contribution is -2.46. The Bertz CT molecular complexity index is 887. The second kappa shape index (κ2) is 8.60. The highest BCUT2D eigenvalue weighted by atomic mass is 19.1. The monoisotopic (exact) mass is 429 g/mol. The predicted molar refractivity (Wildman–Crippen MR) is 115 cm³/mol. The Labute approximate surface area is 183 Å². The van der Waals surface area contributed by atoms with Crippen LogP contribution >= 0.6 is 0 Å². The second-order valence-electron chi connectivity index (χ2n) is 9.77. The molecule has 1 aromatic carbocycles. The number of benzene rings is 1. The van der Waals surface area contributed by atoms with Crippen molar-refractivity contribution in [2.24, 2.45) is 11.8 Å². The number of likely N-dealkylation sites (tertiary alicyclic amines) is 1. The van der Waals surface area contributed by atoms with Crippen molar-refractivity contribution in [3.05, 3.63) is 34.9 Å². The van der Waals surface area contributed by atoms with E-state index in [4.69, 9.17) is 0 Å². The molecule has 6 nitrogen and oxygen atoms in total. The maximum atomic E-state index is 13.6. The van der Waals surface area contributed by atoms with Crippen LogP contribution in [0.25, 0.3) is 0 Å². The van der Waals surface area contributed by atoms with Gasteiger partial charge in [0.2, 0.25) is 17.7 Å². The summed E-state index contributed by atoms with van der Waals surface area (Å²) in [4.78, 5) is 41.5. The van der Waals surface area contributed by atoms with Crippen molar-refractivity contribution in [2.75, 3.05) is 6.54 Å². The van der Waals surface area contributed by atoms with Crippen molar-refractivity contribution in [1.82, 2.24) is 15.1 Å². The van der Waals surface area contributed by atoms with Crippen molar-refractivity contribution in [3.63, 3.8) is 0 Å². The second-order valence-corrected chi connectivity index (χ2v) is 9.77. The molecule has 0 bridgehead atoms. The number of rotatable bonds is 5. The van der Waals surface area contributed by atoms with Crippen LogP contribution in [0.1, 0.15) is 56.7 Å². The predicted octanol–water partition coefficient (Wildman–Crippen LogP) is 2.58. The first kappa shape index (κ1) is 21.8. The highest BCUT2D eigenvalue weighted by Crippen LogP contribution is 2.30. The fraction of sp³-hybridized carbons (Fsp3) is 0.625. The minimum atomic E-state index is -1.01. The Balaban J connectivity index is 1.36. The molecule has 3 heterocycles. The molecule has 4 rings (SSSR count). The molecule has 0 unspecified atom stereocenters. The third kappa shape index (κ3) is 4.46. The molecule has 31 heavy (non-hydrogen) atoms. The molecule has 7 heteroatoms. The van der Waals surface area contributed by atoms with Gasteiger partial charge < -0.3 is 15.1 Å². The van der Waals surface area contributed by atoms with Crippen molar-refractivity contribution in [2.45, 2.75) is 77.8 Å². The number of hydrogen-bond donors (Lipinski definition) is 1. The van der Waals surface area contributed by atoms with E-state index in [0.29, 0.717) is 31.8 Å². The molecule has 2 saturated heterocycles. The Morgan fingerprint density at radius 3 is 2.68 bits per heavy atom. The quantitative estimate of drug-likeness (QED) is 0.782. The summed E-state index contributed by atoms with van der Waals surface area (Å²) in [5.74, 6) is -0.521. The highest BCUT2D eigenvalue weighted by Gasteiger charge is 2.43. The summed E-state index contributed by atoms with van der Waals surface area (Å²) in [6.07, 6.45) is 0.704. The number of carbonyl (C=O) groups is 3. The van der Waals surface area contributed by atoms with Gasteiger partial charge in [-0.1, -0.05) is 32.0 Å². The standard InChI is InChI=1S/C24H32FN3O3/c1-14(2)7-16-5-4-6-17-11-27(13-20(16)17)22(29)10-18-9-21(26-23(18)30)24(31)28-12-19(25)8-15(28)3/h4-6,14-15,18-19,21H,7-13H2,1-3H3,(H,26,30)/t15-,18+,19+,21+/m1/s1. The van der Waals surface area contributed by atoms with Crippen LogP contribution in [0.15, 0.2) is 18.2 Å². The highest BCUT2D eigenvalue weighted by molar-refractivity contribution is 5.94. The van der Waals surface area contributed by atoms with Crippen LogP contribution in [0, 0.1) is 11.8 Å². The number of nitrogens with one attached hydrogen (secondary N) is 1. The van der Waals surface area contributed by atoms with Crippen LogP contribution < -0.4 is 5.32 Å². The van der Waals surface area contributed by atoms with Crippen molar-refractivity contribution >= 4 is 17.7 Å². The van der Waals surface area contributed by atoms with Gasteiger partial charge in [0.05, 0.1) is 6.54 Å². The number of hydrogen-bond acceptors (Lipinski definition) is 3. The zero-order valence-electron chi connectivity index (χ0n) is 18.6. The van der Waals surface area contributed by atoms with Gasteiger partial charge in [0, 0.05) is 37.9 Å². The van der Waals surface area contributed by atoms with Crippen LogP contribution in [0.2, 0.25) is 0 Å². The largest absolute Gasteiger partial charge is 0.344 e. The first-order valence-corrected chi connectivity index (χ1v) is 11.3. The smallest absolute Gasteiger partial charge is 0.245 e. The van der Waals surface area contributed by atoms with E-state index in [9.17, 15) is 18.8 Å². The number of fused-ring (bicyclic) bond motifs is 1. The van der Waals surface area contributed by atoms with Crippen molar-refractivity contribution in [1.29, 1.82) is 0 Å². The molecule has 3 aliphatic heterocycles. The van der Waals surface area contributed by atoms with Crippen LogP contribution in [0.4, 0.5) is 4.39 Å². The molecule has 3 amide bonds. The average Bonchev–Trinajstić information content (AvgIpc) is 3.38. The minimum Gasteiger partial charge on any atom is -0.344 e. The molecular formula is C24H32FN3O3. The number of halogens is 1. The van der Waals surface area contributed by atoms with Crippen molar-refractivity contribution in [3.8, 4) is 0 Å². The van der Waals surface area contributed by atoms with Gasteiger partial charge in [-0.3, -0.25) is 14.4 Å². The molecule has 4 atom stereocenters. The molecule has 0 spiro atoms. The summed E-state index contributed by atoms with van der Waals surface area (Å²) in [7, 11) is 0. The third-order valence-corrected chi connectivity index (χ3v) is 6.79. The number of alkyl halides is 1. The summed E-state index contributed by atoms with van der Waals surface area (Å²) >= 11 is 0. The van der Waals surface area contributed by atoms with E-state index in [1.807, 2.05) is 17.9 Å². The molecular weight excluding hydrogens is 397 g/mol. The van der Waals surface area contributed by atoms with Crippen LogP contribution in [-0.2, 0) is 33.9 Å². The molecule has 0 aromatic heterocycles. The SMILES string of the molecule is CC(C)Cc1cccc2c1CN(C(=O)C[C@@H]1C[C@@H](C(=O)N3C[C@@H](F)C[C@H]3C)NC1=O)C2. The van der Waals surface area contributed by atoms with E-state index in [1.54, 1.807) is 0 Å². The van der Waals surface area contributed by atoms with E-state index < -0.39 is 18.1 Å². The summed E-state index contributed by atoms with van der Waals surface area (Å²) in [6.45, 7) is 7.43. The molecule has 3 aliphatic rings. The van der Waals surface area contributed by atoms with Gasteiger partial charge in [0.1, 0.15) is 12.2 Å². The first-order valence-electron chi connectivity index (χ1n) is 11.3. The molecule has 1 aromatic rings. The molecule has 0 saturated carbocycles.